The molecule has 1 aliphatic heterocycles. The molecule has 0 spiro atoms. The molecule has 1 rings (SSSR count). The summed E-state index contributed by atoms with van der Waals surface area (Å²) in [5, 5.41) is 4.70. The molecular weight excluding hydrogens is 188 g/mol. The topological polar surface area (TPSA) is 15.7 Å². The lowest BCUT2D eigenvalue weighted by atomic mass is 9.76. The predicted molar refractivity (Wildman–Crippen MR) is 63.7 cm³/mol. The third-order valence-electron chi connectivity index (χ3n) is 4.13. The summed E-state index contributed by atoms with van der Waals surface area (Å²) in [5.74, 6) is 0. The minimum absolute atomic E-state index is 0.361. The molecule has 1 heterocycles. The van der Waals surface area contributed by atoms with E-state index in [1.54, 1.807) is 0 Å². The molecule has 2 atom stereocenters. The minimum Gasteiger partial charge on any atom is -0.379 e. The van der Waals surface area contributed by atoms with E-state index in [1.807, 2.05) is 7.11 Å². The normalized spacial score (nSPS) is 33.6. The van der Waals surface area contributed by atoms with E-state index >= 15 is 0 Å². The van der Waals surface area contributed by atoms with Crippen molar-refractivity contribution in [3.63, 3.8) is 0 Å². The summed E-state index contributed by atoms with van der Waals surface area (Å²) in [7, 11) is 4.00. The van der Waals surface area contributed by atoms with E-state index in [4.69, 9.17) is 4.74 Å². The van der Waals surface area contributed by atoms with Crippen LogP contribution in [0.1, 0.15) is 33.6 Å². The number of nitrogens with zero attached hydrogens (tertiary/aromatic N) is 2. The van der Waals surface area contributed by atoms with Gasteiger partial charge in [-0.1, -0.05) is 20.8 Å². The van der Waals surface area contributed by atoms with Crippen LogP contribution >= 0.6 is 0 Å². The van der Waals surface area contributed by atoms with Crippen LogP contribution in [0.3, 0.4) is 0 Å². The van der Waals surface area contributed by atoms with Gasteiger partial charge in [0.2, 0.25) is 0 Å². The molecule has 1 aliphatic rings. The number of hydrogen-bond acceptors (Lipinski definition) is 3. The molecule has 15 heavy (non-hydrogen) atoms. The molecule has 3 heteroatoms. The molecule has 3 nitrogen and oxygen atoms in total. The number of ether oxygens (including phenoxy) is 1. The summed E-state index contributed by atoms with van der Waals surface area (Å²) in [6, 6.07) is 0. The van der Waals surface area contributed by atoms with Gasteiger partial charge in [-0.2, -0.15) is 0 Å². The Balaban J connectivity index is 2.62. The van der Waals surface area contributed by atoms with Crippen molar-refractivity contribution in [1.29, 1.82) is 0 Å². The van der Waals surface area contributed by atoms with Gasteiger partial charge in [0.1, 0.15) is 0 Å². The summed E-state index contributed by atoms with van der Waals surface area (Å²) in [5.41, 5.74) is 0.361. The lowest BCUT2D eigenvalue weighted by molar-refractivity contribution is -0.124. The number of rotatable bonds is 4. The van der Waals surface area contributed by atoms with Crippen LogP contribution in [-0.4, -0.2) is 49.9 Å². The molecule has 0 aromatic rings. The Kier molecular flexibility index (Phi) is 4.56. The quantitative estimate of drug-likeness (QED) is 0.712. The first-order valence-electron chi connectivity index (χ1n) is 6.06. The molecule has 2 unspecified atom stereocenters. The molecule has 0 radical (unpaired) electrons. The molecule has 0 bridgehead atoms. The van der Waals surface area contributed by atoms with Gasteiger partial charge >= 0.3 is 0 Å². The van der Waals surface area contributed by atoms with Crippen LogP contribution in [0.5, 0.6) is 0 Å². The van der Waals surface area contributed by atoms with Gasteiger partial charge in [0, 0.05) is 33.8 Å². The van der Waals surface area contributed by atoms with Crippen molar-refractivity contribution in [2.24, 2.45) is 5.41 Å². The second kappa shape index (κ2) is 5.28. The first-order valence-corrected chi connectivity index (χ1v) is 6.06. The molecular formula is C12H26N2O. The molecule has 0 saturated carbocycles. The van der Waals surface area contributed by atoms with Gasteiger partial charge in [-0.3, -0.25) is 0 Å². The van der Waals surface area contributed by atoms with E-state index in [0.717, 1.165) is 19.6 Å². The number of hydrogen-bond donors (Lipinski definition) is 0. The Bertz CT molecular complexity index is 198. The molecule has 0 aromatic heterocycles. The highest BCUT2D eigenvalue weighted by Crippen LogP contribution is 2.36. The lowest BCUT2D eigenvalue weighted by Crippen LogP contribution is -2.55. The maximum Gasteiger partial charge on any atom is 0.0766 e. The summed E-state index contributed by atoms with van der Waals surface area (Å²) in [4.78, 5) is 0. The fourth-order valence-electron chi connectivity index (χ4n) is 2.32. The van der Waals surface area contributed by atoms with Gasteiger partial charge in [-0.25, -0.2) is 10.0 Å². The first-order chi connectivity index (χ1) is 7.07. The second-order valence-corrected chi connectivity index (χ2v) is 4.87. The van der Waals surface area contributed by atoms with E-state index < -0.39 is 0 Å². The molecule has 0 aliphatic carbocycles. The maximum atomic E-state index is 5.65. The van der Waals surface area contributed by atoms with E-state index in [0.29, 0.717) is 11.5 Å². The van der Waals surface area contributed by atoms with Crippen LogP contribution in [0.15, 0.2) is 0 Å². The zero-order valence-electron chi connectivity index (χ0n) is 10.9. The monoisotopic (exact) mass is 214 g/mol. The minimum atomic E-state index is 0.361. The standard InChI is InChI=1S/C12H26N2O/c1-6-12(3)8-9-14(13(4)7-2)10-11(12)15-5/h11H,6-10H2,1-5H3. The fraction of sp³-hybridized carbons (Fsp3) is 1.00. The first kappa shape index (κ1) is 12.9. The van der Waals surface area contributed by atoms with Gasteiger partial charge in [-0.05, 0) is 18.3 Å². The van der Waals surface area contributed by atoms with Crippen molar-refractivity contribution in [2.45, 2.75) is 39.7 Å². The molecule has 90 valence electrons. The van der Waals surface area contributed by atoms with Crippen molar-refractivity contribution in [3.8, 4) is 0 Å². The number of hydrazine groups is 1. The van der Waals surface area contributed by atoms with Crippen LogP contribution in [0.2, 0.25) is 0 Å². The predicted octanol–water partition coefficient (Wildman–Crippen LogP) is 1.99. The van der Waals surface area contributed by atoms with E-state index in [2.05, 4.69) is 37.8 Å². The van der Waals surface area contributed by atoms with E-state index in [-0.39, 0.29) is 0 Å². The van der Waals surface area contributed by atoms with Gasteiger partial charge in [-0.15, -0.1) is 0 Å². The van der Waals surface area contributed by atoms with Crippen LogP contribution < -0.4 is 0 Å². The summed E-state index contributed by atoms with van der Waals surface area (Å²) in [6.45, 7) is 10.1. The van der Waals surface area contributed by atoms with Gasteiger partial charge < -0.3 is 4.74 Å². The van der Waals surface area contributed by atoms with Crippen molar-refractivity contribution in [3.05, 3.63) is 0 Å². The van der Waals surface area contributed by atoms with Crippen molar-refractivity contribution >= 4 is 0 Å². The van der Waals surface area contributed by atoms with Gasteiger partial charge in [0.15, 0.2) is 0 Å². The van der Waals surface area contributed by atoms with Crippen LogP contribution in [0, 0.1) is 5.41 Å². The van der Waals surface area contributed by atoms with Crippen molar-refractivity contribution < 1.29 is 4.74 Å². The second-order valence-electron chi connectivity index (χ2n) is 4.87. The Morgan fingerprint density at radius 3 is 2.60 bits per heavy atom. The average Bonchev–Trinajstić information content (AvgIpc) is 2.28. The Labute approximate surface area is 94.4 Å². The maximum absolute atomic E-state index is 5.65. The van der Waals surface area contributed by atoms with Gasteiger partial charge in [0.05, 0.1) is 6.10 Å². The largest absolute Gasteiger partial charge is 0.379 e. The summed E-state index contributed by atoms with van der Waals surface area (Å²) in [6.07, 6.45) is 2.80. The molecule has 1 fully saturated rings. The Morgan fingerprint density at radius 1 is 1.47 bits per heavy atom. The lowest BCUT2D eigenvalue weighted by Gasteiger charge is -2.47. The number of methoxy groups -OCH3 is 1. The zero-order valence-corrected chi connectivity index (χ0v) is 10.9. The highest BCUT2D eigenvalue weighted by Gasteiger charge is 2.38. The zero-order chi connectivity index (χ0) is 11.5. The van der Waals surface area contributed by atoms with E-state index in [1.165, 1.54) is 12.8 Å². The molecule has 0 N–H and O–H groups in total. The fourth-order valence-corrected chi connectivity index (χ4v) is 2.32. The summed E-state index contributed by atoms with van der Waals surface area (Å²) < 4.78 is 5.65. The molecule has 0 aromatic carbocycles. The molecule has 1 saturated heterocycles. The van der Waals surface area contributed by atoms with Crippen LogP contribution in [0.4, 0.5) is 0 Å². The van der Waals surface area contributed by atoms with Gasteiger partial charge in [0.25, 0.3) is 0 Å². The average molecular weight is 214 g/mol. The van der Waals surface area contributed by atoms with Crippen LogP contribution in [0.25, 0.3) is 0 Å². The summed E-state index contributed by atoms with van der Waals surface area (Å²) >= 11 is 0. The highest BCUT2D eigenvalue weighted by molar-refractivity contribution is 4.89. The van der Waals surface area contributed by atoms with E-state index in [9.17, 15) is 0 Å². The third-order valence-corrected chi connectivity index (χ3v) is 4.13. The Morgan fingerprint density at radius 2 is 2.13 bits per heavy atom. The van der Waals surface area contributed by atoms with Crippen molar-refractivity contribution in [1.82, 2.24) is 10.0 Å². The van der Waals surface area contributed by atoms with Crippen LogP contribution in [-0.2, 0) is 4.74 Å². The highest BCUT2D eigenvalue weighted by atomic mass is 16.5. The Hall–Kier alpha value is -0.120. The SMILES string of the molecule is CCN(C)N1CCC(C)(CC)C(OC)C1. The van der Waals surface area contributed by atoms with Crippen molar-refractivity contribution in [2.75, 3.05) is 33.8 Å². The third kappa shape index (κ3) is 2.71. The molecule has 0 amide bonds. The smallest absolute Gasteiger partial charge is 0.0766 e. The number of piperidine rings is 1.